The second-order valence-corrected chi connectivity index (χ2v) is 28.3. The van der Waals surface area contributed by atoms with E-state index in [4.69, 9.17) is 18.9 Å². The first kappa shape index (κ1) is 100. The monoisotopic (exact) mass is 1470 g/mol. The van der Waals surface area contributed by atoms with Gasteiger partial charge in [-0.3, -0.25) is 9.59 Å². The Morgan fingerprint density at radius 1 is 0.280 bits per heavy atom. The van der Waals surface area contributed by atoms with E-state index in [9.17, 15) is 19.5 Å². The van der Waals surface area contributed by atoms with Crippen molar-refractivity contribution in [1.82, 2.24) is 0 Å². The lowest BCUT2D eigenvalue weighted by Gasteiger charge is -2.25. The maximum atomic E-state index is 13.0. The molecule has 9 nitrogen and oxygen atoms in total. The van der Waals surface area contributed by atoms with Gasteiger partial charge >= 0.3 is 17.9 Å². The molecule has 0 rings (SSSR count). The number of carboxylic acid groups (broad SMARTS) is 1. The number of carboxylic acids is 1. The highest BCUT2D eigenvalue weighted by atomic mass is 16.7. The Hall–Kier alpha value is -6.91. The molecule has 0 aliphatic heterocycles. The summed E-state index contributed by atoms with van der Waals surface area (Å²) >= 11 is 0. The van der Waals surface area contributed by atoms with E-state index in [-0.39, 0.29) is 38.6 Å². The molecule has 0 saturated carbocycles. The van der Waals surface area contributed by atoms with E-state index in [0.29, 0.717) is 17.4 Å². The Bertz CT molecular complexity index is 2680. The molecular weight excluding hydrogens is 1320 g/mol. The van der Waals surface area contributed by atoms with Crippen molar-refractivity contribution < 1.29 is 42.9 Å². The molecule has 598 valence electrons. The van der Waals surface area contributed by atoms with Crippen molar-refractivity contribution in [2.75, 3.05) is 47.5 Å². The molecule has 0 aliphatic carbocycles. The van der Waals surface area contributed by atoms with Gasteiger partial charge < -0.3 is 28.5 Å². The molecule has 0 saturated heterocycles. The summed E-state index contributed by atoms with van der Waals surface area (Å²) in [6, 6.07) is 0. The third-order valence-corrected chi connectivity index (χ3v) is 17.1. The van der Waals surface area contributed by atoms with Gasteiger partial charge in [-0.15, -0.1) is 0 Å². The minimum Gasteiger partial charge on any atom is -0.477 e. The van der Waals surface area contributed by atoms with Crippen molar-refractivity contribution in [3.8, 4) is 0 Å². The van der Waals surface area contributed by atoms with Crippen LogP contribution in [0.3, 0.4) is 0 Å². The summed E-state index contributed by atoms with van der Waals surface area (Å²) in [7, 11) is 5.96. The van der Waals surface area contributed by atoms with E-state index in [1.54, 1.807) is 0 Å². The van der Waals surface area contributed by atoms with Crippen LogP contribution >= 0.6 is 0 Å². The number of rotatable bonds is 75. The highest BCUT2D eigenvalue weighted by Crippen LogP contribution is 2.17. The Morgan fingerprint density at radius 3 is 0.748 bits per heavy atom. The number of carbonyl (C=O) groups is 3. The molecule has 0 radical (unpaired) electrons. The fraction of sp³-hybridized carbons (Fsp3) is 0.561. The van der Waals surface area contributed by atoms with Crippen LogP contribution in [0.4, 0.5) is 0 Å². The smallest absolute Gasteiger partial charge is 0.361 e. The van der Waals surface area contributed by atoms with Crippen molar-refractivity contribution >= 4 is 17.9 Å². The summed E-state index contributed by atoms with van der Waals surface area (Å²) in [4.78, 5) is 37.8. The van der Waals surface area contributed by atoms with Gasteiger partial charge in [-0.2, -0.15) is 0 Å². The number of esters is 2. The zero-order valence-corrected chi connectivity index (χ0v) is 68.4. The summed E-state index contributed by atoms with van der Waals surface area (Å²) in [6.07, 6.45) is 133. The van der Waals surface area contributed by atoms with Crippen LogP contribution in [0, 0.1) is 0 Å². The molecule has 107 heavy (non-hydrogen) atoms. The number of carbonyl (C=O) groups excluding carboxylic acids is 2. The third-order valence-electron chi connectivity index (χ3n) is 17.1. The summed E-state index contributed by atoms with van der Waals surface area (Å²) in [5.74, 6) is -2.06. The van der Waals surface area contributed by atoms with Crippen LogP contribution in [0.25, 0.3) is 0 Å². The number of ether oxygens (including phenoxy) is 4. The standard InChI is InChI=1S/C98H153NO8/c1-6-8-10-12-14-16-18-20-22-24-26-28-30-32-34-36-38-40-42-44-46-48-50-52-54-56-58-60-62-64-66-68-70-72-74-76-78-80-82-84-86-88-95(100)105-92-94(93-106-98(97(102)103)104-91-90-99(3,4)5)107-96(101)89-87-85-83-81-79-77-75-73-71-69-67-65-63-61-59-57-55-53-51-49-47-45-43-41-39-37-35-33-31-29-27-25-23-21-19-17-15-13-11-9-7-2/h8-11,14-17,20-23,26-29,32-35,38-41,44-47,50-53,57,59,63,65,69,71,75,77,94,98H,6-7,12-13,18-19,24-25,30-31,36-37,42-43,48-49,54-56,58,60-62,64,66-68,70,72-74,76,78-93H2,1-5H3/p+1/b10-8-,11-9-,16-14-,17-15-,22-20-,23-21-,28-26-,29-27-,34-32-,35-33-,40-38-,41-39-,46-44-,47-45-,52-50-,53-51-,59-57-,65-63-,71-69-,77-75-. The molecule has 0 heterocycles. The number of unbranched alkanes of at least 4 members (excludes halogenated alkanes) is 20. The van der Waals surface area contributed by atoms with Crippen molar-refractivity contribution in [3.05, 3.63) is 243 Å². The average molecular weight is 1470 g/mol. The summed E-state index contributed by atoms with van der Waals surface area (Å²) in [6.45, 7) is 4.60. The lowest BCUT2D eigenvalue weighted by Crippen LogP contribution is -2.40. The topological polar surface area (TPSA) is 108 Å². The fourth-order valence-corrected chi connectivity index (χ4v) is 10.8. The minimum absolute atomic E-state index is 0.171. The molecule has 0 aromatic carbocycles. The second kappa shape index (κ2) is 84.7. The second-order valence-electron chi connectivity index (χ2n) is 28.3. The lowest BCUT2D eigenvalue weighted by atomic mass is 10.0. The minimum atomic E-state index is -1.53. The molecule has 2 atom stereocenters. The number of aliphatic carboxylic acids is 1. The molecule has 1 N–H and O–H groups in total. The number of nitrogens with zero attached hydrogens (tertiary/aromatic N) is 1. The van der Waals surface area contributed by atoms with Gasteiger partial charge in [0.2, 0.25) is 0 Å². The van der Waals surface area contributed by atoms with Gasteiger partial charge in [0, 0.05) is 12.8 Å². The summed E-state index contributed by atoms with van der Waals surface area (Å²) < 4.78 is 23.0. The van der Waals surface area contributed by atoms with Crippen LogP contribution in [0.1, 0.15) is 296 Å². The van der Waals surface area contributed by atoms with Crippen LogP contribution in [0.2, 0.25) is 0 Å². The number of quaternary nitrogens is 1. The molecule has 0 bridgehead atoms. The van der Waals surface area contributed by atoms with Gasteiger partial charge in [-0.1, -0.05) is 360 Å². The maximum absolute atomic E-state index is 13.0. The molecule has 9 heteroatoms. The third kappa shape index (κ3) is 86.2. The van der Waals surface area contributed by atoms with E-state index in [0.717, 1.165) is 173 Å². The van der Waals surface area contributed by atoms with Crippen LogP contribution in [0.5, 0.6) is 0 Å². The quantitative estimate of drug-likeness (QED) is 0.0211. The van der Waals surface area contributed by atoms with Crippen LogP contribution in [0.15, 0.2) is 243 Å². The summed E-state index contributed by atoms with van der Waals surface area (Å²) in [5.41, 5.74) is 0. The highest BCUT2D eigenvalue weighted by Gasteiger charge is 2.25. The normalized spacial score (nSPS) is 13.9. The van der Waals surface area contributed by atoms with E-state index in [2.05, 4.69) is 257 Å². The van der Waals surface area contributed by atoms with Crippen LogP contribution in [-0.2, 0) is 33.3 Å². The largest absolute Gasteiger partial charge is 0.477 e. The fourth-order valence-electron chi connectivity index (χ4n) is 10.8. The predicted octanol–water partition coefficient (Wildman–Crippen LogP) is 27.9. The van der Waals surface area contributed by atoms with Crippen molar-refractivity contribution in [2.24, 2.45) is 0 Å². The van der Waals surface area contributed by atoms with Gasteiger partial charge in [0.05, 0.1) is 34.4 Å². The van der Waals surface area contributed by atoms with Gasteiger partial charge in [0.25, 0.3) is 6.29 Å². The maximum Gasteiger partial charge on any atom is 0.361 e. The molecule has 0 amide bonds. The molecule has 0 spiro atoms. The first-order valence-corrected chi connectivity index (χ1v) is 42.2. The summed E-state index contributed by atoms with van der Waals surface area (Å²) in [5, 5.41) is 9.78. The van der Waals surface area contributed by atoms with Gasteiger partial charge in [0.15, 0.2) is 6.10 Å². The van der Waals surface area contributed by atoms with Crippen molar-refractivity contribution in [2.45, 2.75) is 309 Å². The van der Waals surface area contributed by atoms with Gasteiger partial charge in [-0.05, 0) is 167 Å². The van der Waals surface area contributed by atoms with Crippen molar-refractivity contribution in [3.63, 3.8) is 0 Å². The van der Waals surface area contributed by atoms with E-state index in [1.807, 2.05) is 21.1 Å². The Kier molecular flexibility index (Phi) is 79.2. The van der Waals surface area contributed by atoms with E-state index >= 15 is 0 Å². The lowest BCUT2D eigenvalue weighted by molar-refractivity contribution is -0.870. The zero-order valence-electron chi connectivity index (χ0n) is 68.4. The van der Waals surface area contributed by atoms with E-state index < -0.39 is 24.3 Å². The zero-order chi connectivity index (χ0) is 77.4. The molecule has 2 unspecified atom stereocenters. The number of likely N-dealkylation sites (N-methyl/N-ethyl adjacent to an activating group) is 1. The average Bonchev–Trinajstić information content (AvgIpc) is 0.965. The number of hydrogen-bond donors (Lipinski definition) is 1. The first-order chi connectivity index (χ1) is 52.6. The molecule has 0 aromatic rings. The predicted molar refractivity (Wildman–Crippen MR) is 464 cm³/mol. The highest BCUT2D eigenvalue weighted by molar-refractivity contribution is 5.71. The molecule has 0 fully saturated rings. The van der Waals surface area contributed by atoms with E-state index in [1.165, 1.54) is 89.9 Å². The SMILES string of the molecule is CC/C=C\C/C=C\C/C=C\C/C=C\C/C=C\C/C=C\C/C=C\C/C=C\C/C=C\C/C=C\C/C=C\C/C=C\CCCCCCC(=O)OC(COC(=O)CCCCCCCCCCCCCCCCCC/C=C\C/C=C\C/C=C\C/C=C\C/C=C\C/C=C\C/C=C\C/C=C\CC)COC(OCC[N+](C)(C)C)C(=O)O. The van der Waals surface area contributed by atoms with Crippen LogP contribution in [-0.4, -0.2) is 87.4 Å². The Labute approximate surface area is 656 Å². The number of allylic oxidation sites excluding steroid dienone is 40. The molecule has 0 aliphatic rings. The molecular formula is C98H154NO8+. The first-order valence-electron chi connectivity index (χ1n) is 42.2. The Morgan fingerprint density at radius 2 is 0.505 bits per heavy atom. The van der Waals surface area contributed by atoms with Crippen molar-refractivity contribution in [1.29, 1.82) is 0 Å². The van der Waals surface area contributed by atoms with Crippen LogP contribution < -0.4 is 0 Å². The number of hydrogen-bond acceptors (Lipinski definition) is 7. The Balaban J connectivity index is 4.15. The van der Waals surface area contributed by atoms with Gasteiger partial charge in [-0.25, -0.2) is 4.79 Å². The van der Waals surface area contributed by atoms with Gasteiger partial charge in [0.1, 0.15) is 13.2 Å². The molecule has 0 aromatic heterocycles.